The molecule has 0 radical (unpaired) electrons. The van der Waals surface area contributed by atoms with Gasteiger partial charge in [-0.25, -0.2) is 8.42 Å². The highest BCUT2D eigenvalue weighted by Gasteiger charge is 2.35. The maximum atomic E-state index is 12.6. The van der Waals surface area contributed by atoms with Gasteiger partial charge in [0.25, 0.3) is 10.0 Å². The maximum Gasteiger partial charge on any atom is 0.252 e. The first-order valence-corrected chi connectivity index (χ1v) is 9.06. The fourth-order valence-corrected chi connectivity index (χ4v) is 5.69. The molecule has 0 amide bonds. The number of aliphatic hydroxyl groups excluding tert-OH is 1. The summed E-state index contributed by atoms with van der Waals surface area (Å²) < 4.78 is 27.3. The first kappa shape index (κ1) is 15.0. The Balaban J connectivity index is 2.18. The molecule has 1 N–H and O–H groups in total. The molecule has 4 nitrogen and oxygen atoms in total. The lowest BCUT2D eigenvalue weighted by molar-refractivity contribution is 0.264. The Morgan fingerprint density at radius 3 is 2.89 bits per heavy atom. The second-order valence-corrected chi connectivity index (χ2v) is 8.14. The predicted molar refractivity (Wildman–Crippen MR) is 76.9 cm³/mol. The molecule has 0 saturated carbocycles. The molecule has 1 atom stereocenters. The Bertz CT molecular complexity index is 510. The molecule has 1 aromatic heterocycles. The van der Waals surface area contributed by atoms with Crippen molar-refractivity contribution in [1.82, 2.24) is 4.31 Å². The molecule has 0 aliphatic carbocycles. The van der Waals surface area contributed by atoms with Crippen LogP contribution < -0.4 is 0 Å². The van der Waals surface area contributed by atoms with Gasteiger partial charge in [0.15, 0.2) is 0 Å². The molecule has 19 heavy (non-hydrogen) atoms. The van der Waals surface area contributed by atoms with E-state index < -0.39 is 10.0 Å². The van der Waals surface area contributed by atoms with Gasteiger partial charge in [0.05, 0.1) is 0 Å². The van der Waals surface area contributed by atoms with E-state index in [0.29, 0.717) is 17.2 Å². The monoisotopic (exact) mass is 303 g/mol. The van der Waals surface area contributed by atoms with E-state index in [4.69, 9.17) is 5.11 Å². The van der Waals surface area contributed by atoms with Crippen LogP contribution in [-0.4, -0.2) is 37.0 Å². The van der Waals surface area contributed by atoms with Gasteiger partial charge in [0, 0.05) is 24.1 Å². The van der Waals surface area contributed by atoms with Crippen molar-refractivity contribution in [2.45, 2.75) is 49.3 Å². The Labute approximate surface area is 119 Å². The number of aliphatic hydroxyl groups is 1. The second kappa shape index (κ2) is 6.35. The summed E-state index contributed by atoms with van der Waals surface area (Å²) in [7, 11) is -3.34. The molecule has 1 fully saturated rings. The van der Waals surface area contributed by atoms with Gasteiger partial charge in [0.1, 0.15) is 4.21 Å². The van der Waals surface area contributed by atoms with Gasteiger partial charge in [-0.1, -0.05) is 6.92 Å². The molecule has 2 rings (SSSR count). The first-order valence-electron chi connectivity index (χ1n) is 6.81. The van der Waals surface area contributed by atoms with Crippen LogP contribution >= 0.6 is 11.3 Å². The summed E-state index contributed by atoms with van der Waals surface area (Å²) in [5.74, 6) is 0. The minimum atomic E-state index is -3.34. The van der Waals surface area contributed by atoms with Crippen LogP contribution in [-0.2, 0) is 16.4 Å². The van der Waals surface area contributed by atoms with E-state index in [0.717, 1.165) is 30.6 Å². The highest BCUT2D eigenvalue weighted by molar-refractivity contribution is 7.91. The van der Waals surface area contributed by atoms with E-state index >= 15 is 0 Å². The molecular formula is C13H21NO3S2. The quantitative estimate of drug-likeness (QED) is 0.877. The summed E-state index contributed by atoms with van der Waals surface area (Å²) in [6.07, 6.45) is 4.11. The SMILES string of the molecule is CCc1ccc(S(=O)(=O)N2CCCC2CCCO)s1. The third-order valence-corrected chi connectivity index (χ3v) is 7.22. The Kier molecular flexibility index (Phi) is 5.00. The summed E-state index contributed by atoms with van der Waals surface area (Å²) in [4.78, 5) is 1.10. The molecule has 1 saturated heterocycles. The van der Waals surface area contributed by atoms with Gasteiger partial charge in [-0.2, -0.15) is 4.31 Å². The van der Waals surface area contributed by atoms with Crippen LogP contribution in [0.4, 0.5) is 0 Å². The van der Waals surface area contributed by atoms with Gasteiger partial charge in [-0.3, -0.25) is 0 Å². The fourth-order valence-electron chi connectivity index (χ4n) is 2.54. The summed E-state index contributed by atoms with van der Waals surface area (Å²) in [5, 5.41) is 8.90. The second-order valence-electron chi connectivity index (χ2n) is 4.85. The minimum Gasteiger partial charge on any atom is -0.396 e. The average molecular weight is 303 g/mol. The standard InChI is InChI=1S/C13H21NO3S2/c1-2-12-7-8-13(18-12)19(16,17)14-9-3-5-11(14)6-4-10-15/h7-8,11,15H,2-6,9-10H2,1H3. The van der Waals surface area contributed by atoms with Crippen LogP contribution in [0, 0.1) is 0 Å². The van der Waals surface area contributed by atoms with E-state index in [9.17, 15) is 8.42 Å². The van der Waals surface area contributed by atoms with Gasteiger partial charge in [0.2, 0.25) is 0 Å². The number of rotatable bonds is 6. The number of sulfonamides is 1. The summed E-state index contributed by atoms with van der Waals surface area (Å²) >= 11 is 1.37. The summed E-state index contributed by atoms with van der Waals surface area (Å²) in [6.45, 7) is 2.77. The number of hydrogen-bond acceptors (Lipinski definition) is 4. The minimum absolute atomic E-state index is 0.0596. The van der Waals surface area contributed by atoms with Crippen LogP contribution in [0.3, 0.4) is 0 Å². The van der Waals surface area contributed by atoms with Crippen molar-refractivity contribution in [3.8, 4) is 0 Å². The van der Waals surface area contributed by atoms with E-state index in [1.54, 1.807) is 10.4 Å². The maximum absolute atomic E-state index is 12.6. The lowest BCUT2D eigenvalue weighted by Crippen LogP contribution is -2.35. The molecule has 6 heteroatoms. The highest BCUT2D eigenvalue weighted by atomic mass is 32.2. The van der Waals surface area contributed by atoms with Crippen molar-refractivity contribution in [1.29, 1.82) is 0 Å². The highest BCUT2D eigenvalue weighted by Crippen LogP contribution is 2.31. The van der Waals surface area contributed by atoms with E-state index in [1.165, 1.54) is 11.3 Å². The van der Waals surface area contributed by atoms with Crippen molar-refractivity contribution < 1.29 is 13.5 Å². The van der Waals surface area contributed by atoms with E-state index in [-0.39, 0.29) is 12.6 Å². The van der Waals surface area contributed by atoms with Gasteiger partial charge < -0.3 is 5.11 Å². The normalized spacial score (nSPS) is 21.1. The molecule has 1 aromatic rings. The fraction of sp³-hybridized carbons (Fsp3) is 0.692. The first-order chi connectivity index (χ1) is 9.09. The van der Waals surface area contributed by atoms with E-state index in [2.05, 4.69) is 0 Å². The average Bonchev–Trinajstić information content (AvgIpc) is 3.05. The Morgan fingerprint density at radius 2 is 2.26 bits per heavy atom. The number of thiophene rings is 1. The number of hydrogen-bond donors (Lipinski definition) is 1. The van der Waals surface area contributed by atoms with Crippen LogP contribution in [0.1, 0.15) is 37.5 Å². The molecule has 0 bridgehead atoms. The van der Waals surface area contributed by atoms with Crippen molar-refractivity contribution in [2.75, 3.05) is 13.2 Å². The van der Waals surface area contributed by atoms with Gasteiger partial charge in [-0.05, 0) is 44.2 Å². The van der Waals surface area contributed by atoms with Crippen molar-refractivity contribution >= 4 is 21.4 Å². The van der Waals surface area contributed by atoms with Gasteiger partial charge in [-0.15, -0.1) is 11.3 Å². The van der Waals surface area contributed by atoms with Crippen LogP contribution in [0.5, 0.6) is 0 Å². The predicted octanol–water partition coefficient (Wildman–Crippen LogP) is 2.24. The summed E-state index contributed by atoms with van der Waals surface area (Å²) in [5.41, 5.74) is 0. The van der Waals surface area contributed by atoms with E-state index in [1.807, 2.05) is 13.0 Å². The smallest absolute Gasteiger partial charge is 0.252 e. The molecule has 1 aliphatic heterocycles. The van der Waals surface area contributed by atoms with Crippen molar-refractivity contribution in [3.63, 3.8) is 0 Å². The molecular weight excluding hydrogens is 282 g/mol. The molecule has 0 spiro atoms. The van der Waals surface area contributed by atoms with Crippen molar-refractivity contribution in [3.05, 3.63) is 17.0 Å². The zero-order valence-electron chi connectivity index (χ0n) is 11.2. The van der Waals surface area contributed by atoms with Crippen LogP contribution in [0.2, 0.25) is 0 Å². The number of aryl methyl sites for hydroxylation is 1. The lowest BCUT2D eigenvalue weighted by Gasteiger charge is -2.23. The largest absolute Gasteiger partial charge is 0.396 e. The Hall–Kier alpha value is -0.430. The van der Waals surface area contributed by atoms with Crippen LogP contribution in [0.25, 0.3) is 0 Å². The molecule has 108 valence electrons. The summed E-state index contributed by atoms with van der Waals surface area (Å²) in [6, 6.07) is 3.68. The zero-order valence-corrected chi connectivity index (χ0v) is 12.8. The Morgan fingerprint density at radius 1 is 1.47 bits per heavy atom. The molecule has 1 unspecified atom stereocenters. The van der Waals surface area contributed by atoms with Crippen molar-refractivity contribution in [2.24, 2.45) is 0 Å². The topological polar surface area (TPSA) is 57.6 Å². The third-order valence-electron chi connectivity index (χ3n) is 3.57. The molecule has 0 aromatic carbocycles. The molecule has 1 aliphatic rings. The third kappa shape index (κ3) is 3.18. The molecule has 2 heterocycles. The zero-order chi connectivity index (χ0) is 13.9. The van der Waals surface area contributed by atoms with Gasteiger partial charge >= 0.3 is 0 Å². The lowest BCUT2D eigenvalue weighted by atomic mass is 10.1. The van der Waals surface area contributed by atoms with Crippen LogP contribution in [0.15, 0.2) is 16.3 Å². The number of nitrogens with zero attached hydrogens (tertiary/aromatic N) is 1.